The fraction of sp³-hybridized carbons (Fsp3) is 0.576. The zero-order valence-corrected chi connectivity index (χ0v) is 28.6. The second kappa shape index (κ2) is 21.1. The molecule has 1 aromatic carbocycles. The van der Waals surface area contributed by atoms with Gasteiger partial charge in [-0.3, -0.25) is 33.6 Å². The number of rotatable bonds is 22. The zero-order chi connectivity index (χ0) is 37.3. The molecule has 0 saturated carbocycles. The molecule has 1 rings (SSSR count). The highest BCUT2D eigenvalue weighted by Gasteiger charge is 2.33. The number of benzene rings is 1. The number of carboxylic acids is 2. The van der Waals surface area contributed by atoms with Gasteiger partial charge in [-0.05, 0) is 43.1 Å². The summed E-state index contributed by atoms with van der Waals surface area (Å²) in [5.41, 5.74) is 5.84. The van der Waals surface area contributed by atoms with E-state index in [1.54, 1.807) is 44.2 Å². The van der Waals surface area contributed by atoms with Crippen LogP contribution in [0, 0.1) is 11.8 Å². The van der Waals surface area contributed by atoms with Gasteiger partial charge in [0.1, 0.15) is 30.2 Å². The first-order chi connectivity index (χ1) is 22.9. The summed E-state index contributed by atoms with van der Waals surface area (Å²) >= 11 is 0. The number of nitrogens with one attached hydrogen (secondary N) is 5. The molecule has 5 atom stereocenters. The van der Waals surface area contributed by atoms with Crippen LogP contribution in [-0.4, -0.2) is 87.8 Å². The summed E-state index contributed by atoms with van der Waals surface area (Å²) in [6.45, 7) is 8.45. The molecule has 2 unspecified atom stereocenters. The summed E-state index contributed by atoms with van der Waals surface area (Å²) in [7, 11) is 0. The minimum atomic E-state index is -1.69. The van der Waals surface area contributed by atoms with Crippen LogP contribution in [0.2, 0.25) is 0 Å². The lowest BCUT2D eigenvalue weighted by molar-refractivity contribution is -0.143. The van der Waals surface area contributed by atoms with E-state index in [0.29, 0.717) is 12.0 Å². The molecule has 0 bridgehead atoms. The van der Waals surface area contributed by atoms with Gasteiger partial charge in [-0.25, -0.2) is 4.79 Å². The molecule has 6 amide bonds. The van der Waals surface area contributed by atoms with Crippen LogP contribution in [0.3, 0.4) is 0 Å². The normalized spacial score (nSPS) is 14.0. The van der Waals surface area contributed by atoms with E-state index in [1.807, 2.05) is 13.8 Å². The lowest BCUT2D eigenvalue weighted by atomic mass is 10.00. The van der Waals surface area contributed by atoms with Crippen molar-refractivity contribution in [2.24, 2.45) is 17.6 Å². The molecule has 16 heteroatoms. The van der Waals surface area contributed by atoms with Gasteiger partial charge in [-0.15, -0.1) is 0 Å². The van der Waals surface area contributed by atoms with Crippen molar-refractivity contribution in [2.45, 2.75) is 110 Å². The highest BCUT2D eigenvalue weighted by molar-refractivity contribution is 5.97. The Balaban J connectivity index is 3.23. The van der Waals surface area contributed by atoms with Crippen LogP contribution >= 0.6 is 0 Å². The van der Waals surface area contributed by atoms with Crippen LogP contribution in [0.15, 0.2) is 30.3 Å². The molecule has 0 aliphatic carbocycles. The van der Waals surface area contributed by atoms with Gasteiger partial charge >= 0.3 is 11.9 Å². The molecular weight excluding hydrogens is 640 g/mol. The summed E-state index contributed by atoms with van der Waals surface area (Å²) in [6.07, 6.45) is -0.705. The number of carbonyl (C=O) groups is 8. The minimum Gasteiger partial charge on any atom is -0.481 e. The molecule has 16 nitrogen and oxygen atoms in total. The quantitative estimate of drug-likeness (QED) is 0.0806. The standard InChI is InChI=1S/C33H50N6O10/c1-18(2)11-12-23(36-29(44)22(35-20(5)40)13-14-27(34)41)30(45)38-25(17-28(42)43)32(47)37-24(15-19(3)4)31(46)39-26(33(48)49)16-21-9-7-6-8-10-21/h6-10,18-19,22-26H,11-17H2,1-5H3,(H2,34,41)(H,35,40)(H,36,44)(H,37,47)(H,38,45)(H,39,46)(H,42,43)(H,48,49)/t22?,23-,24-,25?,26-/m0/s1. The van der Waals surface area contributed by atoms with E-state index in [1.165, 1.54) is 6.92 Å². The van der Waals surface area contributed by atoms with Crippen molar-refractivity contribution in [3.63, 3.8) is 0 Å². The monoisotopic (exact) mass is 690 g/mol. The summed E-state index contributed by atoms with van der Waals surface area (Å²) in [4.78, 5) is 100. The number of hydrogen-bond donors (Lipinski definition) is 8. The van der Waals surface area contributed by atoms with E-state index in [-0.39, 0.29) is 43.9 Å². The van der Waals surface area contributed by atoms with E-state index in [9.17, 15) is 48.6 Å². The summed E-state index contributed by atoms with van der Waals surface area (Å²) in [5, 5.41) is 31.5. The molecule has 0 aromatic heterocycles. The summed E-state index contributed by atoms with van der Waals surface area (Å²) in [6, 6.07) is 1.83. The number of primary amides is 1. The SMILES string of the molecule is CC(=O)NC(CCC(N)=O)C(=O)N[C@@H](CCC(C)C)C(=O)NC(CC(=O)O)C(=O)N[C@@H](CC(C)C)C(=O)N[C@@H](Cc1ccccc1)C(=O)O. The van der Waals surface area contributed by atoms with Gasteiger partial charge in [0.2, 0.25) is 35.4 Å². The van der Waals surface area contributed by atoms with Crippen LogP contribution in [0.25, 0.3) is 0 Å². The smallest absolute Gasteiger partial charge is 0.326 e. The highest BCUT2D eigenvalue weighted by Crippen LogP contribution is 2.11. The van der Waals surface area contributed by atoms with E-state index in [0.717, 1.165) is 0 Å². The largest absolute Gasteiger partial charge is 0.481 e. The first-order valence-corrected chi connectivity index (χ1v) is 16.1. The van der Waals surface area contributed by atoms with Crippen molar-refractivity contribution in [3.05, 3.63) is 35.9 Å². The predicted molar refractivity (Wildman–Crippen MR) is 177 cm³/mol. The average molecular weight is 691 g/mol. The molecule has 1 aromatic rings. The third-order valence-electron chi connectivity index (χ3n) is 7.29. The number of hydrogen-bond acceptors (Lipinski definition) is 8. The van der Waals surface area contributed by atoms with Gasteiger partial charge in [-0.2, -0.15) is 0 Å². The Bertz CT molecular complexity index is 1320. The van der Waals surface area contributed by atoms with Crippen LogP contribution in [0.1, 0.15) is 78.7 Å². The third-order valence-corrected chi connectivity index (χ3v) is 7.29. The molecular formula is C33H50N6O10. The fourth-order valence-electron chi connectivity index (χ4n) is 4.80. The van der Waals surface area contributed by atoms with E-state index in [2.05, 4.69) is 26.6 Å². The van der Waals surface area contributed by atoms with Crippen molar-refractivity contribution < 1.29 is 48.6 Å². The zero-order valence-electron chi connectivity index (χ0n) is 28.6. The summed E-state index contributed by atoms with van der Waals surface area (Å²) < 4.78 is 0. The predicted octanol–water partition coefficient (Wildman–Crippen LogP) is -0.0199. The van der Waals surface area contributed by atoms with Crippen LogP contribution in [0.5, 0.6) is 0 Å². The van der Waals surface area contributed by atoms with Crippen molar-refractivity contribution >= 4 is 47.4 Å². The van der Waals surface area contributed by atoms with Gasteiger partial charge in [0.15, 0.2) is 0 Å². The van der Waals surface area contributed by atoms with Crippen LogP contribution < -0.4 is 32.3 Å². The maximum Gasteiger partial charge on any atom is 0.326 e. The number of carboxylic acid groups (broad SMARTS) is 2. The Kier molecular flexibility index (Phi) is 18.0. The number of carbonyl (C=O) groups excluding carboxylic acids is 6. The summed E-state index contributed by atoms with van der Waals surface area (Å²) in [5.74, 6) is -7.62. The molecule has 9 N–H and O–H groups in total. The fourth-order valence-corrected chi connectivity index (χ4v) is 4.80. The molecule has 0 spiro atoms. The maximum atomic E-state index is 13.5. The Morgan fingerprint density at radius 2 is 1.12 bits per heavy atom. The van der Waals surface area contributed by atoms with Gasteiger partial charge in [0.05, 0.1) is 6.42 Å². The van der Waals surface area contributed by atoms with Crippen molar-refractivity contribution in [3.8, 4) is 0 Å². The van der Waals surface area contributed by atoms with Gasteiger partial charge in [0.25, 0.3) is 0 Å². The van der Waals surface area contributed by atoms with Crippen molar-refractivity contribution in [1.29, 1.82) is 0 Å². The molecule has 49 heavy (non-hydrogen) atoms. The molecule has 0 aliphatic rings. The third kappa shape index (κ3) is 17.1. The topological polar surface area (TPSA) is 263 Å². The number of aliphatic carboxylic acids is 2. The Hall–Kier alpha value is -5.02. The van der Waals surface area contributed by atoms with Crippen LogP contribution in [0.4, 0.5) is 0 Å². The first kappa shape index (κ1) is 42.0. The molecule has 0 fully saturated rings. The molecule has 0 radical (unpaired) electrons. The maximum absolute atomic E-state index is 13.5. The first-order valence-electron chi connectivity index (χ1n) is 16.1. The van der Waals surface area contributed by atoms with Gasteiger partial charge < -0.3 is 42.5 Å². The second-order valence-corrected chi connectivity index (χ2v) is 12.7. The molecule has 272 valence electrons. The Labute approximate surface area is 285 Å². The van der Waals surface area contributed by atoms with Gasteiger partial charge in [-0.1, -0.05) is 58.0 Å². The Morgan fingerprint density at radius 1 is 0.633 bits per heavy atom. The van der Waals surface area contributed by atoms with E-state index < -0.39 is 84.0 Å². The highest BCUT2D eigenvalue weighted by atomic mass is 16.4. The number of nitrogens with two attached hydrogens (primary N) is 1. The second-order valence-electron chi connectivity index (χ2n) is 12.7. The minimum absolute atomic E-state index is 0.0310. The van der Waals surface area contributed by atoms with Gasteiger partial charge in [0, 0.05) is 19.8 Å². The number of amides is 6. The lowest BCUT2D eigenvalue weighted by Gasteiger charge is -2.27. The van der Waals surface area contributed by atoms with Crippen LogP contribution in [-0.2, 0) is 44.8 Å². The lowest BCUT2D eigenvalue weighted by Crippen LogP contribution is -2.59. The Morgan fingerprint density at radius 3 is 1.61 bits per heavy atom. The molecule has 0 saturated heterocycles. The molecule has 0 aliphatic heterocycles. The van der Waals surface area contributed by atoms with E-state index >= 15 is 0 Å². The average Bonchev–Trinajstić information content (AvgIpc) is 2.99. The molecule has 0 heterocycles. The van der Waals surface area contributed by atoms with Crippen molar-refractivity contribution in [2.75, 3.05) is 0 Å². The van der Waals surface area contributed by atoms with E-state index in [4.69, 9.17) is 5.73 Å². The van der Waals surface area contributed by atoms with Crippen molar-refractivity contribution in [1.82, 2.24) is 26.6 Å².